The van der Waals surface area contributed by atoms with Crippen LogP contribution in [0.25, 0.3) is 0 Å². The molecule has 21 heavy (non-hydrogen) atoms. The number of benzene rings is 1. The van der Waals surface area contributed by atoms with Crippen LogP contribution in [0.3, 0.4) is 0 Å². The molecule has 2 aliphatic rings. The first-order valence-electron chi connectivity index (χ1n) is 7.44. The Morgan fingerprint density at radius 3 is 2.48 bits per heavy atom. The van der Waals surface area contributed by atoms with Crippen molar-refractivity contribution in [3.63, 3.8) is 0 Å². The molecular formula is C15H21BrN2O2S. The van der Waals surface area contributed by atoms with Gasteiger partial charge in [-0.25, -0.2) is 8.42 Å². The molecule has 0 spiro atoms. The lowest BCUT2D eigenvalue weighted by molar-refractivity contribution is 0.388. The number of hydrogen-bond acceptors (Lipinski definition) is 3. The van der Waals surface area contributed by atoms with Crippen LogP contribution in [-0.2, 0) is 16.6 Å². The average molecular weight is 373 g/mol. The quantitative estimate of drug-likeness (QED) is 0.834. The van der Waals surface area contributed by atoms with Crippen LogP contribution < -0.4 is 5.73 Å². The van der Waals surface area contributed by atoms with Gasteiger partial charge in [-0.2, -0.15) is 4.31 Å². The highest BCUT2D eigenvalue weighted by molar-refractivity contribution is 9.10. The van der Waals surface area contributed by atoms with Crippen LogP contribution in [0, 0.1) is 12.8 Å². The van der Waals surface area contributed by atoms with Crippen LogP contribution >= 0.6 is 15.9 Å². The molecule has 116 valence electrons. The van der Waals surface area contributed by atoms with Crippen molar-refractivity contribution < 1.29 is 8.42 Å². The molecule has 3 rings (SSSR count). The summed E-state index contributed by atoms with van der Waals surface area (Å²) < 4.78 is 28.5. The maximum absolute atomic E-state index is 13.1. The van der Waals surface area contributed by atoms with Crippen LogP contribution in [0.5, 0.6) is 0 Å². The van der Waals surface area contributed by atoms with Gasteiger partial charge in [-0.3, -0.25) is 0 Å². The summed E-state index contributed by atoms with van der Waals surface area (Å²) in [5.74, 6) is 0.554. The van der Waals surface area contributed by atoms with Gasteiger partial charge in [-0.05, 0) is 71.6 Å². The summed E-state index contributed by atoms with van der Waals surface area (Å²) in [6, 6.07) is 3.85. The number of nitrogens with two attached hydrogens (primary N) is 1. The Kier molecular flexibility index (Phi) is 4.16. The molecule has 0 aliphatic heterocycles. The summed E-state index contributed by atoms with van der Waals surface area (Å²) in [4.78, 5) is 0.371. The molecule has 6 heteroatoms. The zero-order valence-corrected chi connectivity index (χ0v) is 14.6. The van der Waals surface area contributed by atoms with E-state index < -0.39 is 10.0 Å². The molecule has 0 aromatic heterocycles. The van der Waals surface area contributed by atoms with Gasteiger partial charge >= 0.3 is 0 Å². The highest BCUT2D eigenvalue weighted by Gasteiger charge is 2.41. The highest BCUT2D eigenvalue weighted by atomic mass is 79.9. The summed E-state index contributed by atoms with van der Waals surface area (Å²) in [7, 11) is -3.45. The van der Waals surface area contributed by atoms with Crippen molar-refractivity contribution in [1.29, 1.82) is 0 Å². The van der Waals surface area contributed by atoms with Crippen molar-refractivity contribution in [1.82, 2.24) is 4.31 Å². The molecule has 0 unspecified atom stereocenters. The van der Waals surface area contributed by atoms with Gasteiger partial charge in [-0.1, -0.05) is 6.07 Å². The van der Waals surface area contributed by atoms with Gasteiger partial charge in [0.15, 0.2) is 0 Å². The molecule has 0 radical (unpaired) electrons. The minimum absolute atomic E-state index is 0.198. The van der Waals surface area contributed by atoms with Crippen LogP contribution in [0.15, 0.2) is 21.5 Å². The second-order valence-electron chi connectivity index (χ2n) is 6.18. The van der Waals surface area contributed by atoms with Crippen LogP contribution in [-0.4, -0.2) is 25.3 Å². The van der Waals surface area contributed by atoms with E-state index in [1.165, 1.54) is 0 Å². The fourth-order valence-corrected chi connectivity index (χ4v) is 5.40. The third kappa shape index (κ3) is 3.18. The highest BCUT2D eigenvalue weighted by Crippen LogP contribution is 2.39. The van der Waals surface area contributed by atoms with Gasteiger partial charge in [0.2, 0.25) is 10.0 Å². The average Bonchev–Trinajstić information content (AvgIpc) is 3.31. The normalized spacial score (nSPS) is 19.2. The Balaban J connectivity index is 2.01. The molecule has 0 bridgehead atoms. The maximum Gasteiger partial charge on any atom is 0.244 e. The van der Waals surface area contributed by atoms with E-state index in [1.807, 2.05) is 13.0 Å². The third-order valence-electron chi connectivity index (χ3n) is 4.19. The van der Waals surface area contributed by atoms with Gasteiger partial charge in [0, 0.05) is 23.6 Å². The molecule has 1 aromatic rings. The van der Waals surface area contributed by atoms with E-state index in [9.17, 15) is 8.42 Å². The number of sulfonamides is 1. The molecule has 2 aliphatic carbocycles. The molecule has 0 saturated heterocycles. The molecule has 0 amide bonds. The smallest absolute Gasteiger partial charge is 0.244 e. The van der Waals surface area contributed by atoms with Gasteiger partial charge in [0.1, 0.15) is 0 Å². The van der Waals surface area contributed by atoms with Crippen molar-refractivity contribution in [3.8, 4) is 0 Å². The van der Waals surface area contributed by atoms with E-state index in [0.29, 0.717) is 28.4 Å². The third-order valence-corrected chi connectivity index (χ3v) is 7.45. The molecule has 4 nitrogen and oxygen atoms in total. The fourth-order valence-electron chi connectivity index (χ4n) is 2.60. The lowest BCUT2D eigenvalue weighted by Crippen LogP contribution is -2.35. The van der Waals surface area contributed by atoms with Crippen LogP contribution in [0.2, 0.25) is 0 Å². The topological polar surface area (TPSA) is 63.4 Å². The largest absolute Gasteiger partial charge is 0.326 e. The number of halogens is 1. The van der Waals surface area contributed by atoms with Gasteiger partial charge < -0.3 is 5.73 Å². The zero-order chi connectivity index (χ0) is 15.2. The minimum Gasteiger partial charge on any atom is -0.326 e. The molecule has 1 aromatic carbocycles. The molecule has 2 saturated carbocycles. The predicted octanol–water partition coefficient (Wildman–Crippen LogP) is 2.78. The van der Waals surface area contributed by atoms with Crippen molar-refractivity contribution in [2.75, 3.05) is 6.54 Å². The first kappa shape index (κ1) is 15.5. The lowest BCUT2D eigenvalue weighted by atomic mass is 10.1. The number of aryl methyl sites for hydroxylation is 1. The predicted molar refractivity (Wildman–Crippen MR) is 86.4 cm³/mol. The van der Waals surface area contributed by atoms with E-state index in [4.69, 9.17) is 5.73 Å². The molecule has 2 fully saturated rings. The second-order valence-corrected chi connectivity index (χ2v) is 8.83. The standard InChI is InChI=1S/C15H21BrN2O2S/c1-10-6-12(8-17)7-14(15(10)16)21(19,20)18(13-4-5-13)9-11-2-3-11/h6-7,11,13H,2-5,8-9,17H2,1H3. The van der Waals surface area contributed by atoms with Crippen LogP contribution in [0.1, 0.15) is 36.8 Å². The molecule has 0 atom stereocenters. The van der Waals surface area contributed by atoms with E-state index >= 15 is 0 Å². The lowest BCUT2D eigenvalue weighted by Gasteiger charge is -2.23. The fraction of sp³-hybridized carbons (Fsp3) is 0.600. The Hall–Kier alpha value is -0.430. The Labute approximate surface area is 134 Å². The van der Waals surface area contributed by atoms with E-state index in [1.54, 1.807) is 10.4 Å². The van der Waals surface area contributed by atoms with E-state index in [0.717, 1.165) is 36.8 Å². The summed E-state index contributed by atoms with van der Waals surface area (Å²) in [6.45, 7) is 2.93. The first-order chi connectivity index (χ1) is 9.93. The number of rotatable bonds is 6. The van der Waals surface area contributed by atoms with Crippen molar-refractivity contribution in [2.24, 2.45) is 11.7 Å². The minimum atomic E-state index is -3.45. The van der Waals surface area contributed by atoms with Crippen molar-refractivity contribution in [2.45, 2.75) is 50.1 Å². The zero-order valence-electron chi connectivity index (χ0n) is 12.2. The number of nitrogens with zero attached hydrogens (tertiary/aromatic N) is 1. The molecule has 0 heterocycles. The Morgan fingerprint density at radius 1 is 1.29 bits per heavy atom. The van der Waals surface area contributed by atoms with Gasteiger partial charge in [0.05, 0.1) is 4.90 Å². The summed E-state index contributed by atoms with van der Waals surface area (Å²) in [5.41, 5.74) is 7.47. The van der Waals surface area contributed by atoms with Gasteiger partial charge in [0.25, 0.3) is 0 Å². The summed E-state index contributed by atoms with van der Waals surface area (Å²) in [6.07, 6.45) is 4.28. The number of hydrogen-bond donors (Lipinski definition) is 1. The molecular weight excluding hydrogens is 352 g/mol. The monoisotopic (exact) mass is 372 g/mol. The maximum atomic E-state index is 13.1. The van der Waals surface area contributed by atoms with Crippen molar-refractivity contribution >= 4 is 26.0 Å². The van der Waals surface area contributed by atoms with Crippen LogP contribution in [0.4, 0.5) is 0 Å². The van der Waals surface area contributed by atoms with E-state index in [2.05, 4.69) is 15.9 Å². The van der Waals surface area contributed by atoms with E-state index in [-0.39, 0.29) is 6.04 Å². The summed E-state index contributed by atoms with van der Waals surface area (Å²) >= 11 is 3.45. The van der Waals surface area contributed by atoms with Crippen molar-refractivity contribution in [3.05, 3.63) is 27.7 Å². The summed E-state index contributed by atoms with van der Waals surface area (Å²) in [5, 5.41) is 0. The van der Waals surface area contributed by atoms with Gasteiger partial charge in [-0.15, -0.1) is 0 Å². The second kappa shape index (κ2) is 5.65. The first-order valence-corrected chi connectivity index (χ1v) is 9.67. The Morgan fingerprint density at radius 2 is 1.95 bits per heavy atom. The molecule has 2 N–H and O–H groups in total. The SMILES string of the molecule is Cc1cc(CN)cc(S(=O)(=O)N(CC2CC2)C2CC2)c1Br. The Bertz CT molecular complexity index is 652.